The minimum Gasteiger partial charge on any atom is -0.372 e. The molecule has 1 fully saturated rings. The van der Waals surface area contributed by atoms with Crippen molar-refractivity contribution < 1.29 is 4.74 Å². The van der Waals surface area contributed by atoms with Gasteiger partial charge in [-0.05, 0) is 23.6 Å². The van der Waals surface area contributed by atoms with E-state index in [0.717, 1.165) is 19.7 Å². The predicted molar refractivity (Wildman–Crippen MR) is 55.4 cm³/mol. The van der Waals surface area contributed by atoms with E-state index in [2.05, 4.69) is 30.4 Å². The zero-order valence-electron chi connectivity index (χ0n) is 8.42. The van der Waals surface area contributed by atoms with E-state index in [-0.39, 0.29) is 0 Å². The maximum absolute atomic E-state index is 5.85. The molecule has 1 N–H and O–H groups in total. The Bertz CT molecular complexity index is 361. The van der Waals surface area contributed by atoms with Gasteiger partial charge >= 0.3 is 0 Å². The van der Waals surface area contributed by atoms with E-state index in [9.17, 15) is 0 Å². The van der Waals surface area contributed by atoms with Crippen molar-refractivity contribution in [3.05, 3.63) is 34.9 Å². The highest BCUT2D eigenvalue weighted by molar-refractivity contribution is 5.39. The molecule has 2 aliphatic rings. The highest BCUT2D eigenvalue weighted by Gasteiger charge is 2.34. The molecule has 0 unspecified atom stereocenters. The van der Waals surface area contributed by atoms with E-state index in [1.807, 2.05) is 0 Å². The molecule has 2 aliphatic heterocycles. The number of fused-ring (bicyclic) bond motifs is 3. The van der Waals surface area contributed by atoms with Gasteiger partial charge in [0.2, 0.25) is 0 Å². The maximum atomic E-state index is 5.85. The van der Waals surface area contributed by atoms with Gasteiger partial charge in [0, 0.05) is 19.0 Å². The highest BCUT2D eigenvalue weighted by atomic mass is 16.5. The minimum atomic E-state index is 0.407. The van der Waals surface area contributed by atoms with Gasteiger partial charge in [-0.2, -0.15) is 0 Å². The van der Waals surface area contributed by atoms with Crippen molar-refractivity contribution in [2.75, 3.05) is 13.1 Å². The average molecular weight is 189 g/mol. The summed E-state index contributed by atoms with van der Waals surface area (Å²) in [5.41, 5.74) is 4.29. The number of benzene rings is 1. The summed E-state index contributed by atoms with van der Waals surface area (Å²) in [7, 11) is 0. The van der Waals surface area contributed by atoms with Gasteiger partial charge in [0.05, 0.1) is 12.7 Å². The molecule has 1 saturated heterocycles. The van der Waals surface area contributed by atoms with Crippen molar-refractivity contribution in [1.82, 2.24) is 5.32 Å². The number of aryl methyl sites for hydroxylation is 1. The second kappa shape index (κ2) is 3.07. The fourth-order valence-corrected chi connectivity index (χ4v) is 2.60. The second-order valence-electron chi connectivity index (χ2n) is 4.26. The normalized spacial score (nSPS) is 29.8. The summed E-state index contributed by atoms with van der Waals surface area (Å²) in [6.07, 6.45) is 0.407. The monoisotopic (exact) mass is 189 g/mol. The zero-order chi connectivity index (χ0) is 9.54. The molecule has 2 heterocycles. The molecule has 1 aromatic carbocycles. The van der Waals surface area contributed by atoms with E-state index in [1.165, 1.54) is 16.7 Å². The standard InChI is InChI=1S/C12H15NO/c1-8-3-2-4-9-10-5-13-6-12(10)14-7-11(8)9/h2-4,10,12-13H,5-7H2,1H3/t10-,12-/m0/s1. The molecule has 14 heavy (non-hydrogen) atoms. The molecular formula is C12H15NO. The average Bonchev–Trinajstić information content (AvgIpc) is 2.66. The molecule has 0 bridgehead atoms. The molecule has 0 radical (unpaired) electrons. The quantitative estimate of drug-likeness (QED) is 0.669. The number of hydrogen-bond donors (Lipinski definition) is 1. The summed E-state index contributed by atoms with van der Waals surface area (Å²) in [4.78, 5) is 0. The fraction of sp³-hybridized carbons (Fsp3) is 0.500. The Balaban J connectivity index is 2.09. The van der Waals surface area contributed by atoms with Crippen LogP contribution < -0.4 is 5.32 Å². The molecule has 0 spiro atoms. The third-order valence-corrected chi connectivity index (χ3v) is 3.45. The molecule has 0 aromatic heterocycles. The molecule has 1 aromatic rings. The topological polar surface area (TPSA) is 21.3 Å². The van der Waals surface area contributed by atoms with Crippen LogP contribution in [0.5, 0.6) is 0 Å². The Morgan fingerprint density at radius 3 is 3.21 bits per heavy atom. The van der Waals surface area contributed by atoms with Crippen molar-refractivity contribution in [1.29, 1.82) is 0 Å². The second-order valence-corrected chi connectivity index (χ2v) is 4.26. The summed E-state index contributed by atoms with van der Waals surface area (Å²) in [5, 5.41) is 3.40. The van der Waals surface area contributed by atoms with Crippen LogP contribution in [0.2, 0.25) is 0 Å². The lowest BCUT2D eigenvalue weighted by molar-refractivity contribution is 0.0296. The summed E-state index contributed by atoms with van der Waals surface area (Å²) >= 11 is 0. The third-order valence-electron chi connectivity index (χ3n) is 3.45. The highest BCUT2D eigenvalue weighted by Crippen LogP contribution is 2.34. The Morgan fingerprint density at radius 2 is 2.29 bits per heavy atom. The lowest BCUT2D eigenvalue weighted by atomic mass is 9.87. The minimum absolute atomic E-state index is 0.407. The molecule has 2 heteroatoms. The molecule has 2 atom stereocenters. The van der Waals surface area contributed by atoms with Gasteiger partial charge in [-0.3, -0.25) is 0 Å². The summed E-state index contributed by atoms with van der Waals surface area (Å²) in [5.74, 6) is 0.582. The SMILES string of the molecule is Cc1cccc2c1CO[C@H]1CNC[C@@H]21. The van der Waals surface area contributed by atoms with E-state index < -0.39 is 0 Å². The van der Waals surface area contributed by atoms with Crippen LogP contribution >= 0.6 is 0 Å². The van der Waals surface area contributed by atoms with Gasteiger partial charge in [-0.1, -0.05) is 18.2 Å². The first-order chi connectivity index (χ1) is 6.86. The van der Waals surface area contributed by atoms with Crippen LogP contribution in [0.4, 0.5) is 0 Å². The summed E-state index contributed by atoms with van der Waals surface area (Å²) in [6, 6.07) is 6.59. The molecule has 74 valence electrons. The summed E-state index contributed by atoms with van der Waals surface area (Å²) < 4.78 is 5.85. The van der Waals surface area contributed by atoms with E-state index in [4.69, 9.17) is 4.74 Å². The molecule has 0 saturated carbocycles. The van der Waals surface area contributed by atoms with Crippen molar-refractivity contribution >= 4 is 0 Å². The van der Waals surface area contributed by atoms with Gasteiger partial charge in [0.15, 0.2) is 0 Å². The molecule has 2 nitrogen and oxygen atoms in total. The first-order valence-corrected chi connectivity index (χ1v) is 5.27. The van der Waals surface area contributed by atoms with Crippen LogP contribution in [0, 0.1) is 6.92 Å². The Kier molecular flexibility index (Phi) is 1.85. The van der Waals surface area contributed by atoms with Crippen LogP contribution in [-0.2, 0) is 11.3 Å². The Morgan fingerprint density at radius 1 is 1.36 bits per heavy atom. The van der Waals surface area contributed by atoms with Gasteiger partial charge in [0.1, 0.15) is 0 Å². The molecule has 0 aliphatic carbocycles. The zero-order valence-corrected chi connectivity index (χ0v) is 8.42. The largest absolute Gasteiger partial charge is 0.372 e. The Labute approximate surface area is 84.3 Å². The van der Waals surface area contributed by atoms with Crippen LogP contribution in [0.15, 0.2) is 18.2 Å². The van der Waals surface area contributed by atoms with Gasteiger partial charge in [0.25, 0.3) is 0 Å². The van der Waals surface area contributed by atoms with Gasteiger partial charge < -0.3 is 10.1 Å². The first-order valence-electron chi connectivity index (χ1n) is 5.27. The number of ether oxygens (including phenoxy) is 1. The predicted octanol–water partition coefficient (Wildman–Crippen LogP) is 1.58. The maximum Gasteiger partial charge on any atom is 0.0784 e. The van der Waals surface area contributed by atoms with Gasteiger partial charge in [-0.25, -0.2) is 0 Å². The van der Waals surface area contributed by atoms with E-state index in [1.54, 1.807) is 0 Å². The van der Waals surface area contributed by atoms with Crippen molar-refractivity contribution in [2.24, 2.45) is 0 Å². The van der Waals surface area contributed by atoms with Crippen LogP contribution in [0.1, 0.15) is 22.6 Å². The van der Waals surface area contributed by atoms with Crippen molar-refractivity contribution in [2.45, 2.75) is 25.6 Å². The van der Waals surface area contributed by atoms with E-state index in [0.29, 0.717) is 12.0 Å². The lowest BCUT2D eigenvalue weighted by Crippen LogP contribution is -2.27. The smallest absolute Gasteiger partial charge is 0.0784 e. The number of rotatable bonds is 0. The number of nitrogens with one attached hydrogen (secondary N) is 1. The van der Waals surface area contributed by atoms with Crippen LogP contribution in [0.3, 0.4) is 0 Å². The molecular weight excluding hydrogens is 174 g/mol. The van der Waals surface area contributed by atoms with Crippen LogP contribution in [0.25, 0.3) is 0 Å². The first kappa shape index (κ1) is 8.45. The van der Waals surface area contributed by atoms with Crippen molar-refractivity contribution in [3.63, 3.8) is 0 Å². The molecule has 3 rings (SSSR count). The van der Waals surface area contributed by atoms with Crippen LogP contribution in [-0.4, -0.2) is 19.2 Å². The fourth-order valence-electron chi connectivity index (χ4n) is 2.60. The number of hydrogen-bond acceptors (Lipinski definition) is 2. The molecule has 0 amide bonds. The Hall–Kier alpha value is -0.860. The van der Waals surface area contributed by atoms with Gasteiger partial charge in [-0.15, -0.1) is 0 Å². The van der Waals surface area contributed by atoms with Crippen molar-refractivity contribution in [3.8, 4) is 0 Å². The lowest BCUT2D eigenvalue weighted by Gasteiger charge is -2.28. The summed E-state index contributed by atoms with van der Waals surface area (Å²) in [6.45, 7) is 5.05. The third kappa shape index (κ3) is 1.11. The van der Waals surface area contributed by atoms with E-state index >= 15 is 0 Å².